The van der Waals surface area contributed by atoms with Gasteiger partial charge in [0.15, 0.2) is 0 Å². The van der Waals surface area contributed by atoms with Crippen LogP contribution in [0.15, 0.2) is 47.5 Å². The molecule has 1 aliphatic rings. The molecular formula is C23H24ClN3O5S. The predicted octanol–water partition coefficient (Wildman–Crippen LogP) is 3.66. The van der Waals surface area contributed by atoms with Crippen LogP contribution < -0.4 is 4.31 Å². The number of sulfonamides is 1. The molecule has 4 rings (SSSR count). The number of carboxylic acids is 1. The van der Waals surface area contributed by atoms with Crippen molar-refractivity contribution in [3.05, 3.63) is 58.7 Å². The van der Waals surface area contributed by atoms with Crippen LogP contribution in [0.5, 0.6) is 0 Å². The second kappa shape index (κ2) is 8.72. The molecule has 0 bridgehead atoms. The van der Waals surface area contributed by atoms with Crippen LogP contribution in [0.2, 0.25) is 5.02 Å². The van der Waals surface area contributed by atoms with Gasteiger partial charge in [-0.15, -0.1) is 0 Å². The number of aryl methyl sites for hydroxylation is 2. The van der Waals surface area contributed by atoms with Gasteiger partial charge in [0.25, 0.3) is 15.9 Å². The van der Waals surface area contributed by atoms with Gasteiger partial charge in [0, 0.05) is 36.7 Å². The Morgan fingerprint density at radius 1 is 1.12 bits per heavy atom. The molecule has 8 nitrogen and oxygen atoms in total. The van der Waals surface area contributed by atoms with Gasteiger partial charge in [-0.2, -0.15) is 0 Å². The molecule has 1 saturated heterocycles. The van der Waals surface area contributed by atoms with Crippen LogP contribution in [0, 0.1) is 6.92 Å². The van der Waals surface area contributed by atoms with Crippen molar-refractivity contribution in [1.82, 2.24) is 9.47 Å². The summed E-state index contributed by atoms with van der Waals surface area (Å²) >= 11 is 6.06. The Kier molecular flexibility index (Phi) is 6.11. The van der Waals surface area contributed by atoms with E-state index >= 15 is 0 Å². The number of aliphatic carboxylic acids is 1. The second-order valence-electron chi connectivity index (χ2n) is 8.22. The fourth-order valence-electron chi connectivity index (χ4n) is 4.21. The Labute approximate surface area is 197 Å². The predicted molar refractivity (Wildman–Crippen MR) is 126 cm³/mol. The van der Waals surface area contributed by atoms with Gasteiger partial charge in [-0.25, -0.2) is 8.42 Å². The Bertz CT molecular complexity index is 1340. The van der Waals surface area contributed by atoms with Crippen LogP contribution in [0.3, 0.4) is 0 Å². The van der Waals surface area contributed by atoms with Gasteiger partial charge in [-0.1, -0.05) is 11.6 Å². The molecule has 1 fully saturated rings. The zero-order valence-corrected chi connectivity index (χ0v) is 19.9. The van der Waals surface area contributed by atoms with Crippen LogP contribution in [0.25, 0.3) is 10.9 Å². The van der Waals surface area contributed by atoms with E-state index in [1.165, 1.54) is 18.2 Å². The molecular weight excluding hydrogens is 466 g/mol. The summed E-state index contributed by atoms with van der Waals surface area (Å²) in [6.07, 6.45) is 3.68. The summed E-state index contributed by atoms with van der Waals surface area (Å²) in [6, 6.07) is 9.16. The van der Waals surface area contributed by atoms with Gasteiger partial charge >= 0.3 is 5.97 Å². The first-order valence-corrected chi connectivity index (χ1v) is 12.3. The minimum Gasteiger partial charge on any atom is -0.480 e. The molecule has 3 aromatic rings. The van der Waals surface area contributed by atoms with Crippen LogP contribution in [-0.4, -0.2) is 54.5 Å². The maximum atomic E-state index is 13.4. The van der Waals surface area contributed by atoms with Crippen molar-refractivity contribution in [2.75, 3.05) is 23.9 Å². The molecule has 10 heteroatoms. The van der Waals surface area contributed by atoms with Crippen molar-refractivity contribution in [2.45, 2.75) is 24.7 Å². The number of hydrogen-bond donors (Lipinski definition) is 1. The van der Waals surface area contributed by atoms with Gasteiger partial charge in [0.05, 0.1) is 21.7 Å². The highest BCUT2D eigenvalue weighted by Crippen LogP contribution is 2.31. The summed E-state index contributed by atoms with van der Waals surface area (Å²) in [5, 5.41) is 10.4. The van der Waals surface area contributed by atoms with Gasteiger partial charge in [-0.3, -0.25) is 13.9 Å². The van der Waals surface area contributed by atoms with Crippen LogP contribution in [-0.2, 0) is 21.9 Å². The lowest BCUT2D eigenvalue weighted by Crippen LogP contribution is -2.35. The monoisotopic (exact) mass is 489 g/mol. The van der Waals surface area contributed by atoms with Crippen molar-refractivity contribution in [2.24, 2.45) is 7.05 Å². The van der Waals surface area contributed by atoms with E-state index in [0.717, 1.165) is 30.2 Å². The first kappa shape index (κ1) is 23.1. The number of rotatable bonds is 6. The summed E-state index contributed by atoms with van der Waals surface area (Å²) in [5.41, 5.74) is 1.99. The molecule has 1 N–H and O–H groups in total. The number of fused-ring (bicyclic) bond motifs is 1. The second-order valence-corrected chi connectivity index (χ2v) is 10.5. The largest absolute Gasteiger partial charge is 0.480 e. The molecule has 1 aliphatic heterocycles. The van der Waals surface area contributed by atoms with E-state index < -0.39 is 22.5 Å². The number of nitrogens with zero attached hydrogens (tertiary/aromatic N) is 3. The summed E-state index contributed by atoms with van der Waals surface area (Å²) in [4.78, 5) is 26.3. The third-order valence-corrected chi connectivity index (χ3v) is 7.74. The van der Waals surface area contributed by atoms with Crippen molar-refractivity contribution in [1.29, 1.82) is 0 Å². The van der Waals surface area contributed by atoms with E-state index in [9.17, 15) is 23.1 Å². The standard InChI is InChI=1S/C23H24ClN3O5S/c1-15-9-16(24)11-18(10-15)33(31,32)27(14-22(28)29)17-5-6-19-20(13-25(2)21(19)12-17)23(30)26-7-3-4-8-26/h5-6,9-13H,3-4,7-8,14H2,1-2H3,(H,28,29). The van der Waals surface area contributed by atoms with E-state index in [4.69, 9.17) is 11.6 Å². The fraction of sp³-hybridized carbons (Fsp3) is 0.304. The van der Waals surface area contributed by atoms with Crippen LogP contribution in [0.4, 0.5) is 5.69 Å². The fourth-order valence-corrected chi connectivity index (χ4v) is 6.10. The number of carboxylic acid groups (broad SMARTS) is 1. The number of carbonyl (C=O) groups is 2. The number of aromatic nitrogens is 1. The number of anilines is 1. The summed E-state index contributed by atoms with van der Waals surface area (Å²) < 4.78 is 29.4. The zero-order valence-electron chi connectivity index (χ0n) is 18.3. The lowest BCUT2D eigenvalue weighted by atomic mass is 10.1. The van der Waals surface area contributed by atoms with E-state index in [-0.39, 0.29) is 21.5 Å². The molecule has 0 spiro atoms. The molecule has 1 amide bonds. The number of likely N-dealkylation sites (tertiary alicyclic amines) is 1. The molecule has 0 aliphatic carbocycles. The maximum absolute atomic E-state index is 13.4. The third kappa shape index (κ3) is 4.43. The topological polar surface area (TPSA) is 99.9 Å². The highest BCUT2D eigenvalue weighted by atomic mass is 35.5. The number of halogens is 1. The zero-order chi connectivity index (χ0) is 23.9. The van der Waals surface area contributed by atoms with Gasteiger partial charge in [0.2, 0.25) is 0 Å². The molecule has 2 heterocycles. The van der Waals surface area contributed by atoms with Gasteiger partial charge in [-0.05, 0) is 61.7 Å². The first-order chi connectivity index (χ1) is 15.6. The number of benzene rings is 2. The van der Waals surface area contributed by atoms with Crippen LogP contribution in [0.1, 0.15) is 28.8 Å². The molecule has 0 unspecified atom stereocenters. The average Bonchev–Trinajstić information content (AvgIpc) is 3.39. The highest BCUT2D eigenvalue weighted by molar-refractivity contribution is 7.92. The van der Waals surface area contributed by atoms with Crippen molar-refractivity contribution in [3.63, 3.8) is 0 Å². The minimum absolute atomic E-state index is 0.0599. The normalized spacial score (nSPS) is 14.1. The molecule has 0 saturated carbocycles. The molecule has 2 aromatic carbocycles. The van der Waals surface area contributed by atoms with E-state index in [1.807, 2.05) is 4.90 Å². The quantitative estimate of drug-likeness (QED) is 0.569. The lowest BCUT2D eigenvalue weighted by molar-refractivity contribution is -0.135. The minimum atomic E-state index is -4.21. The molecule has 1 aromatic heterocycles. The SMILES string of the molecule is Cc1cc(Cl)cc(S(=O)(=O)N(CC(=O)O)c2ccc3c(C(=O)N4CCCC4)cn(C)c3c2)c1. The van der Waals surface area contributed by atoms with Crippen molar-refractivity contribution < 1.29 is 23.1 Å². The Hall–Kier alpha value is -3.04. The number of carbonyl (C=O) groups excluding carboxylic acids is 1. The van der Waals surface area contributed by atoms with Crippen molar-refractivity contribution in [3.8, 4) is 0 Å². The van der Waals surface area contributed by atoms with E-state index in [0.29, 0.717) is 22.0 Å². The van der Waals surface area contributed by atoms with E-state index in [2.05, 4.69) is 0 Å². The summed E-state index contributed by atoms with van der Waals surface area (Å²) in [7, 11) is -2.45. The molecule has 0 atom stereocenters. The average molecular weight is 490 g/mol. The smallest absolute Gasteiger partial charge is 0.324 e. The first-order valence-electron chi connectivity index (χ1n) is 10.5. The van der Waals surface area contributed by atoms with Gasteiger partial charge < -0.3 is 14.6 Å². The maximum Gasteiger partial charge on any atom is 0.324 e. The Morgan fingerprint density at radius 3 is 2.45 bits per heavy atom. The Balaban J connectivity index is 1.80. The number of amides is 1. The lowest BCUT2D eigenvalue weighted by Gasteiger charge is -2.23. The van der Waals surface area contributed by atoms with Crippen molar-refractivity contribution >= 4 is 50.1 Å². The highest BCUT2D eigenvalue weighted by Gasteiger charge is 2.29. The molecule has 33 heavy (non-hydrogen) atoms. The third-order valence-electron chi connectivity index (χ3n) is 5.77. The van der Waals surface area contributed by atoms with E-state index in [1.54, 1.807) is 42.9 Å². The summed E-state index contributed by atoms with van der Waals surface area (Å²) in [6.45, 7) is 2.39. The van der Waals surface area contributed by atoms with Crippen LogP contribution >= 0.6 is 11.6 Å². The van der Waals surface area contributed by atoms with Gasteiger partial charge in [0.1, 0.15) is 6.54 Å². The molecule has 174 valence electrons. The Morgan fingerprint density at radius 2 is 1.82 bits per heavy atom. The summed E-state index contributed by atoms with van der Waals surface area (Å²) in [5.74, 6) is -1.36. The molecule has 0 radical (unpaired) electrons. The number of hydrogen-bond acceptors (Lipinski definition) is 4.